The van der Waals surface area contributed by atoms with Gasteiger partial charge in [-0.15, -0.1) is 0 Å². The maximum Gasteiger partial charge on any atom is 0.255 e. The summed E-state index contributed by atoms with van der Waals surface area (Å²) >= 11 is 0. The fourth-order valence-electron chi connectivity index (χ4n) is 3.45. The van der Waals surface area contributed by atoms with Crippen molar-refractivity contribution in [3.05, 3.63) is 40.7 Å². The topological polar surface area (TPSA) is 59.4 Å². The molecule has 1 aromatic heterocycles. The number of ether oxygens (including phenoxy) is 1. The first-order valence-corrected chi connectivity index (χ1v) is 9.30. The van der Waals surface area contributed by atoms with Gasteiger partial charge in [0.15, 0.2) is 0 Å². The second-order valence-corrected chi connectivity index (χ2v) is 6.82. The van der Waals surface area contributed by atoms with Crippen molar-refractivity contribution < 1.29 is 9.53 Å². The molecule has 6 nitrogen and oxygen atoms in total. The Hall–Kier alpha value is -2.34. The summed E-state index contributed by atoms with van der Waals surface area (Å²) < 4.78 is 7.37. The number of aryl methyl sites for hydroxylation is 3. The molecule has 1 aliphatic heterocycles. The van der Waals surface area contributed by atoms with Gasteiger partial charge in [0.25, 0.3) is 5.91 Å². The van der Waals surface area contributed by atoms with Crippen molar-refractivity contribution in [2.45, 2.75) is 40.7 Å². The molecule has 3 rings (SSSR count). The number of morpholine rings is 1. The molecule has 2 aromatic rings. The third kappa shape index (κ3) is 3.75. The summed E-state index contributed by atoms with van der Waals surface area (Å²) in [4.78, 5) is 15.1. The predicted octanol–water partition coefficient (Wildman–Crippen LogP) is 3.31. The van der Waals surface area contributed by atoms with E-state index in [9.17, 15) is 4.79 Å². The largest absolute Gasteiger partial charge is 0.378 e. The van der Waals surface area contributed by atoms with Crippen LogP contribution in [0.1, 0.15) is 40.7 Å². The molecule has 1 aliphatic rings. The molecular weight excluding hydrogens is 328 g/mol. The van der Waals surface area contributed by atoms with Crippen LogP contribution in [0.15, 0.2) is 18.2 Å². The molecule has 140 valence electrons. The molecule has 1 N–H and O–H groups in total. The zero-order chi connectivity index (χ0) is 18.7. The van der Waals surface area contributed by atoms with Gasteiger partial charge in [0.2, 0.25) is 0 Å². The molecule has 0 aliphatic carbocycles. The highest BCUT2D eigenvalue weighted by atomic mass is 16.5. The molecule has 0 bridgehead atoms. The molecule has 0 radical (unpaired) electrons. The lowest BCUT2D eigenvalue weighted by Crippen LogP contribution is -2.36. The fourth-order valence-corrected chi connectivity index (χ4v) is 3.45. The molecule has 0 spiro atoms. The Bertz CT molecular complexity index is 791. The zero-order valence-electron chi connectivity index (χ0n) is 16.1. The second kappa shape index (κ2) is 7.91. The third-order valence-electron chi connectivity index (χ3n) is 4.87. The van der Waals surface area contributed by atoms with Crippen LogP contribution in [-0.4, -0.2) is 42.0 Å². The molecule has 2 heterocycles. The van der Waals surface area contributed by atoms with Crippen molar-refractivity contribution in [3.63, 3.8) is 0 Å². The summed E-state index contributed by atoms with van der Waals surface area (Å²) in [6, 6.07) is 5.89. The standard InChI is InChI=1S/C20H28N4O2/c1-5-8-24-16(4)19(15(3)22-24)21-20(25)17-6-7-18(14(2)13-17)23-9-11-26-12-10-23/h6-7,13H,5,8-12H2,1-4H3,(H,21,25). The van der Waals surface area contributed by atoms with Crippen LogP contribution in [0.4, 0.5) is 11.4 Å². The Kier molecular flexibility index (Phi) is 5.61. The van der Waals surface area contributed by atoms with Crippen LogP contribution < -0.4 is 10.2 Å². The van der Waals surface area contributed by atoms with Gasteiger partial charge >= 0.3 is 0 Å². The van der Waals surface area contributed by atoms with E-state index in [0.29, 0.717) is 5.56 Å². The Morgan fingerprint density at radius 2 is 1.96 bits per heavy atom. The summed E-state index contributed by atoms with van der Waals surface area (Å²) in [7, 11) is 0. The summed E-state index contributed by atoms with van der Waals surface area (Å²) in [5.41, 5.74) is 5.62. The Morgan fingerprint density at radius 3 is 2.62 bits per heavy atom. The minimum absolute atomic E-state index is 0.0936. The second-order valence-electron chi connectivity index (χ2n) is 6.82. The molecule has 0 saturated carbocycles. The van der Waals surface area contributed by atoms with E-state index in [2.05, 4.69) is 29.2 Å². The van der Waals surface area contributed by atoms with E-state index < -0.39 is 0 Å². The summed E-state index contributed by atoms with van der Waals surface area (Å²) in [6.07, 6.45) is 1.01. The number of anilines is 2. The van der Waals surface area contributed by atoms with Gasteiger partial charge in [-0.25, -0.2) is 0 Å². The van der Waals surface area contributed by atoms with Gasteiger partial charge in [-0.05, 0) is 51.0 Å². The third-order valence-corrected chi connectivity index (χ3v) is 4.87. The number of rotatable bonds is 5. The lowest BCUT2D eigenvalue weighted by atomic mass is 10.1. The molecule has 6 heteroatoms. The fraction of sp³-hybridized carbons (Fsp3) is 0.500. The molecule has 1 amide bonds. The van der Waals surface area contributed by atoms with Gasteiger partial charge in [0, 0.05) is 30.9 Å². The van der Waals surface area contributed by atoms with E-state index in [0.717, 1.165) is 61.9 Å². The first-order valence-electron chi connectivity index (χ1n) is 9.30. The Morgan fingerprint density at radius 1 is 1.23 bits per heavy atom. The first kappa shape index (κ1) is 18.5. The quantitative estimate of drug-likeness (QED) is 0.893. The van der Waals surface area contributed by atoms with Crippen molar-refractivity contribution in [2.24, 2.45) is 0 Å². The van der Waals surface area contributed by atoms with Crippen LogP contribution in [0.3, 0.4) is 0 Å². The maximum atomic E-state index is 12.7. The first-order chi connectivity index (χ1) is 12.5. The number of amides is 1. The monoisotopic (exact) mass is 356 g/mol. The van der Waals surface area contributed by atoms with Crippen molar-refractivity contribution in [3.8, 4) is 0 Å². The molecule has 0 atom stereocenters. The number of carbonyl (C=O) groups excluding carboxylic acids is 1. The van der Waals surface area contributed by atoms with Gasteiger partial charge < -0.3 is 15.0 Å². The summed E-state index contributed by atoms with van der Waals surface area (Å²) in [5.74, 6) is -0.0936. The highest BCUT2D eigenvalue weighted by Gasteiger charge is 2.17. The molecule has 0 unspecified atom stereocenters. The van der Waals surface area contributed by atoms with E-state index in [1.807, 2.05) is 36.7 Å². The Labute approximate surface area is 155 Å². The molecule has 1 fully saturated rings. The highest BCUT2D eigenvalue weighted by molar-refractivity contribution is 6.05. The van der Waals surface area contributed by atoms with Crippen LogP contribution in [0.5, 0.6) is 0 Å². The van der Waals surface area contributed by atoms with Crippen LogP contribution in [0.25, 0.3) is 0 Å². The van der Waals surface area contributed by atoms with Crippen molar-refractivity contribution in [1.29, 1.82) is 0 Å². The average Bonchev–Trinajstić information content (AvgIpc) is 2.90. The summed E-state index contributed by atoms with van der Waals surface area (Å²) in [6.45, 7) is 12.2. The van der Waals surface area contributed by atoms with Gasteiger partial charge in [0.05, 0.1) is 30.3 Å². The lowest BCUT2D eigenvalue weighted by Gasteiger charge is -2.30. The van der Waals surface area contributed by atoms with E-state index in [1.165, 1.54) is 5.69 Å². The van der Waals surface area contributed by atoms with Crippen LogP contribution >= 0.6 is 0 Å². The number of carbonyl (C=O) groups is 1. The number of nitrogens with one attached hydrogen (secondary N) is 1. The number of hydrogen-bond donors (Lipinski definition) is 1. The molecule has 26 heavy (non-hydrogen) atoms. The number of hydrogen-bond acceptors (Lipinski definition) is 4. The summed E-state index contributed by atoms with van der Waals surface area (Å²) in [5, 5.41) is 7.57. The molecule has 1 saturated heterocycles. The normalized spacial score (nSPS) is 14.5. The molecular formula is C20H28N4O2. The minimum atomic E-state index is -0.0936. The van der Waals surface area contributed by atoms with Gasteiger partial charge in [0.1, 0.15) is 0 Å². The smallest absolute Gasteiger partial charge is 0.255 e. The van der Waals surface area contributed by atoms with Crippen molar-refractivity contribution in [1.82, 2.24) is 9.78 Å². The SMILES string of the molecule is CCCn1nc(C)c(NC(=O)c2ccc(N3CCOCC3)c(C)c2)c1C. The van der Waals surface area contributed by atoms with E-state index in [-0.39, 0.29) is 5.91 Å². The predicted molar refractivity (Wildman–Crippen MR) is 104 cm³/mol. The van der Waals surface area contributed by atoms with Gasteiger partial charge in [-0.2, -0.15) is 5.10 Å². The minimum Gasteiger partial charge on any atom is -0.378 e. The average molecular weight is 356 g/mol. The number of aromatic nitrogens is 2. The van der Waals surface area contributed by atoms with Crippen molar-refractivity contribution >= 4 is 17.3 Å². The van der Waals surface area contributed by atoms with Gasteiger partial charge in [-0.1, -0.05) is 6.92 Å². The lowest BCUT2D eigenvalue weighted by molar-refractivity contribution is 0.102. The van der Waals surface area contributed by atoms with Gasteiger partial charge in [-0.3, -0.25) is 9.48 Å². The Balaban J connectivity index is 1.77. The number of nitrogens with zero attached hydrogens (tertiary/aromatic N) is 3. The van der Waals surface area contributed by atoms with Crippen LogP contribution in [0, 0.1) is 20.8 Å². The zero-order valence-corrected chi connectivity index (χ0v) is 16.1. The van der Waals surface area contributed by atoms with E-state index in [1.54, 1.807) is 0 Å². The molecule has 1 aromatic carbocycles. The van der Waals surface area contributed by atoms with E-state index in [4.69, 9.17) is 4.74 Å². The maximum absolute atomic E-state index is 12.7. The van der Waals surface area contributed by atoms with Crippen LogP contribution in [-0.2, 0) is 11.3 Å². The highest BCUT2D eigenvalue weighted by Crippen LogP contribution is 2.24. The van der Waals surface area contributed by atoms with Crippen molar-refractivity contribution in [2.75, 3.05) is 36.5 Å². The number of benzene rings is 1. The van der Waals surface area contributed by atoms with Crippen LogP contribution in [0.2, 0.25) is 0 Å². The van der Waals surface area contributed by atoms with E-state index >= 15 is 0 Å².